The SMILES string of the molecule is CC1CCCCC1NC(=O)Cc1csc(CN)n1. The molecule has 2 unspecified atom stereocenters. The largest absolute Gasteiger partial charge is 0.353 e. The maximum absolute atomic E-state index is 11.9. The first-order chi connectivity index (χ1) is 8.69. The molecule has 0 aromatic carbocycles. The van der Waals surface area contributed by atoms with Gasteiger partial charge in [0, 0.05) is 18.0 Å². The van der Waals surface area contributed by atoms with E-state index < -0.39 is 0 Å². The average molecular weight is 267 g/mol. The summed E-state index contributed by atoms with van der Waals surface area (Å²) in [4.78, 5) is 16.3. The molecule has 1 aliphatic carbocycles. The minimum atomic E-state index is 0.0858. The van der Waals surface area contributed by atoms with Crippen LogP contribution in [0.1, 0.15) is 43.3 Å². The summed E-state index contributed by atoms with van der Waals surface area (Å²) in [5, 5.41) is 5.95. The van der Waals surface area contributed by atoms with E-state index in [2.05, 4.69) is 17.2 Å². The van der Waals surface area contributed by atoms with E-state index in [1.54, 1.807) is 0 Å². The Morgan fingerprint density at radius 1 is 1.56 bits per heavy atom. The number of nitrogens with one attached hydrogen (secondary N) is 1. The van der Waals surface area contributed by atoms with Gasteiger partial charge in [0.1, 0.15) is 5.01 Å². The second-order valence-electron chi connectivity index (χ2n) is 5.05. The molecule has 1 fully saturated rings. The summed E-state index contributed by atoms with van der Waals surface area (Å²) >= 11 is 1.52. The van der Waals surface area contributed by atoms with Gasteiger partial charge in [0.25, 0.3) is 0 Å². The minimum Gasteiger partial charge on any atom is -0.353 e. The van der Waals surface area contributed by atoms with Gasteiger partial charge in [0.2, 0.25) is 5.91 Å². The highest BCUT2D eigenvalue weighted by Gasteiger charge is 2.22. The number of carbonyl (C=O) groups is 1. The molecule has 2 atom stereocenters. The zero-order chi connectivity index (χ0) is 13.0. The zero-order valence-corrected chi connectivity index (χ0v) is 11.6. The van der Waals surface area contributed by atoms with Crippen molar-refractivity contribution in [2.24, 2.45) is 11.7 Å². The first kappa shape index (κ1) is 13.5. The summed E-state index contributed by atoms with van der Waals surface area (Å²) in [5.74, 6) is 0.681. The van der Waals surface area contributed by atoms with E-state index in [0.717, 1.165) is 17.1 Å². The number of nitrogens with zero attached hydrogens (tertiary/aromatic N) is 1. The van der Waals surface area contributed by atoms with Gasteiger partial charge >= 0.3 is 0 Å². The molecule has 1 heterocycles. The Hall–Kier alpha value is -0.940. The Kier molecular flexibility index (Phi) is 4.72. The smallest absolute Gasteiger partial charge is 0.226 e. The van der Waals surface area contributed by atoms with E-state index in [-0.39, 0.29) is 5.91 Å². The molecule has 1 aromatic rings. The van der Waals surface area contributed by atoms with Crippen molar-refractivity contribution in [1.29, 1.82) is 0 Å². The molecule has 3 N–H and O–H groups in total. The van der Waals surface area contributed by atoms with Gasteiger partial charge in [-0.05, 0) is 18.8 Å². The highest BCUT2D eigenvalue weighted by atomic mass is 32.1. The van der Waals surface area contributed by atoms with Crippen LogP contribution in [0.25, 0.3) is 0 Å². The van der Waals surface area contributed by atoms with Gasteiger partial charge in [-0.2, -0.15) is 0 Å². The lowest BCUT2D eigenvalue weighted by Crippen LogP contribution is -2.41. The number of nitrogens with two attached hydrogens (primary N) is 1. The molecule has 0 saturated heterocycles. The molecule has 0 spiro atoms. The highest BCUT2D eigenvalue weighted by molar-refractivity contribution is 7.09. The van der Waals surface area contributed by atoms with E-state index in [4.69, 9.17) is 5.73 Å². The predicted octanol–water partition coefficient (Wildman–Crippen LogP) is 1.84. The van der Waals surface area contributed by atoms with E-state index in [1.807, 2.05) is 5.38 Å². The molecule has 0 aliphatic heterocycles. The van der Waals surface area contributed by atoms with Crippen LogP contribution < -0.4 is 11.1 Å². The normalized spacial score (nSPS) is 23.9. The van der Waals surface area contributed by atoms with Gasteiger partial charge in [-0.3, -0.25) is 4.79 Å². The predicted molar refractivity (Wildman–Crippen MR) is 73.3 cm³/mol. The van der Waals surface area contributed by atoms with Gasteiger partial charge in [-0.25, -0.2) is 4.98 Å². The minimum absolute atomic E-state index is 0.0858. The van der Waals surface area contributed by atoms with Crippen LogP contribution in [0.2, 0.25) is 0 Å². The van der Waals surface area contributed by atoms with Gasteiger partial charge in [0.05, 0.1) is 12.1 Å². The van der Waals surface area contributed by atoms with Crippen LogP contribution in [-0.2, 0) is 17.8 Å². The van der Waals surface area contributed by atoms with E-state index >= 15 is 0 Å². The fourth-order valence-corrected chi connectivity index (χ4v) is 3.15. The van der Waals surface area contributed by atoms with E-state index in [0.29, 0.717) is 24.9 Å². The molecule has 100 valence electrons. The number of amides is 1. The maximum Gasteiger partial charge on any atom is 0.226 e. The van der Waals surface area contributed by atoms with Crippen molar-refractivity contribution < 1.29 is 4.79 Å². The summed E-state index contributed by atoms with van der Waals surface area (Å²) in [5.41, 5.74) is 6.34. The van der Waals surface area contributed by atoms with Crippen LogP contribution >= 0.6 is 11.3 Å². The number of hydrogen-bond acceptors (Lipinski definition) is 4. The molecule has 1 amide bonds. The molecule has 1 aromatic heterocycles. The summed E-state index contributed by atoms with van der Waals surface area (Å²) < 4.78 is 0. The standard InChI is InChI=1S/C13H21N3OS/c1-9-4-2-3-5-11(9)16-12(17)6-10-8-18-13(7-14)15-10/h8-9,11H,2-7,14H2,1H3,(H,16,17). The van der Waals surface area contributed by atoms with Gasteiger partial charge in [0.15, 0.2) is 0 Å². The van der Waals surface area contributed by atoms with Crippen LogP contribution in [0, 0.1) is 5.92 Å². The monoisotopic (exact) mass is 267 g/mol. The zero-order valence-electron chi connectivity index (χ0n) is 10.8. The quantitative estimate of drug-likeness (QED) is 0.874. The van der Waals surface area contributed by atoms with Crippen molar-refractivity contribution in [1.82, 2.24) is 10.3 Å². The Balaban J connectivity index is 1.84. The Morgan fingerprint density at radius 2 is 2.33 bits per heavy atom. The molecule has 1 saturated carbocycles. The summed E-state index contributed by atoms with van der Waals surface area (Å²) in [6, 6.07) is 0.346. The number of rotatable bonds is 4. The summed E-state index contributed by atoms with van der Waals surface area (Å²) in [7, 11) is 0. The second-order valence-corrected chi connectivity index (χ2v) is 5.99. The third-order valence-electron chi connectivity index (χ3n) is 3.57. The molecule has 0 radical (unpaired) electrons. The van der Waals surface area contributed by atoms with Gasteiger partial charge in [-0.15, -0.1) is 11.3 Å². The van der Waals surface area contributed by atoms with Gasteiger partial charge in [-0.1, -0.05) is 19.8 Å². The van der Waals surface area contributed by atoms with Crippen molar-refractivity contribution >= 4 is 17.2 Å². The Bertz CT molecular complexity index is 405. The van der Waals surface area contributed by atoms with Crippen molar-refractivity contribution in [3.63, 3.8) is 0 Å². The first-order valence-electron chi connectivity index (χ1n) is 6.61. The fourth-order valence-electron chi connectivity index (χ4n) is 2.48. The third-order valence-corrected chi connectivity index (χ3v) is 4.49. The first-order valence-corrected chi connectivity index (χ1v) is 7.49. The summed E-state index contributed by atoms with van der Waals surface area (Å²) in [6.45, 7) is 2.67. The van der Waals surface area contributed by atoms with Crippen molar-refractivity contribution in [2.75, 3.05) is 0 Å². The topological polar surface area (TPSA) is 68.0 Å². The van der Waals surface area contributed by atoms with Crippen LogP contribution in [0.15, 0.2) is 5.38 Å². The number of thiazole rings is 1. The maximum atomic E-state index is 11.9. The van der Waals surface area contributed by atoms with Crippen LogP contribution in [0.3, 0.4) is 0 Å². The Labute approximate surface area is 112 Å². The molecule has 18 heavy (non-hydrogen) atoms. The molecule has 0 bridgehead atoms. The number of carbonyl (C=O) groups excluding carboxylic acids is 1. The lowest BCUT2D eigenvalue weighted by molar-refractivity contribution is -0.121. The molecular weight excluding hydrogens is 246 g/mol. The molecule has 4 nitrogen and oxygen atoms in total. The second kappa shape index (κ2) is 6.29. The van der Waals surface area contributed by atoms with Crippen molar-refractivity contribution in [3.05, 3.63) is 16.1 Å². The lowest BCUT2D eigenvalue weighted by Gasteiger charge is -2.29. The number of hydrogen-bond donors (Lipinski definition) is 2. The van der Waals surface area contributed by atoms with Gasteiger partial charge < -0.3 is 11.1 Å². The highest BCUT2D eigenvalue weighted by Crippen LogP contribution is 2.23. The van der Waals surface area contributed by atoms with Crippen LogP contribution in [-0.4, -0.2) is 16.9 Å². The van der Waals surface area contributed by atoms with Crippen LogP contribution in [0.4, 0.5) is 0 Å². The van der Waals surface area contributed by atoms with Crippen molar-refractivity contribution in [3.8, 4) is 0 Å². The molecular formula is C13H21N3OS. The molecule has 5 heteroatoms. The summed E-state index contributed by atoms with van der Waals surface area (Å²) in [6.07, 6.45) is 5.22. The van der Waals surface area contributed by atoms with E-state index in [1.165, 1.54) is 30.6 Å². The molecule has 2 rings (SSSR count). The molecule has 1 aliphatic rings. The van der Waals surface area contributed by atoms with E-state index in [9.17, 15) is 4.79 Å². The number of aromatic nitrogens is 1. The lowest BCUT2D eigenvalue weighted by atomic mass is 9.86. The van der Waals surface area contributed by atoms with Crippen molar-refractivity contribution in [2.45, 2.75) is 51.6 Å². The Morgan fingerprint density at radius 3 is 3.00 bits per heavy atom. The fraction of sp³-hybridized carbons (Fsp3) is 0.692. The third kappa shape index (κ3) is 3.53. The van der Waals surface area contributed by atoms with Crippen LogP contribution in [0.5, 0.6) is 0 Å². The average Bonchev–Trinajstić information content (AvgIpc) is 2.80.